The second kappa shape index (κ2) is 7.47. The number of aliphatic hydroxyl groups excluding tert-OH is 1. The third-order valence-electron chi connectivity index (χ3n) is 2.73. The quantitative estimate of drug-likeness (QED) is 0.841. The standard InChI is InChI=1S/C14H13ClF3N3O2/c15-12-6-19-7-13(21-12)20-5-10(22)8-23-11-3-1-2-9(4-11)14(16,17)18/h1-4,6-7,10,22H,5,8H2,(H,20,21). The van der Waals surface area contributed by atoms with Gasteiger partial charge in [0.15, 0.2) is 0 Å². The van der Waals surface area contributed by atoms with Crippen LogP contribution in [0, 0.1) is 0 Å². The summed E-state index contributed by atoms with van der Waals surface area (Å²) < 4.78 is 42.9. The SMILES string of the molecule is OC(CNc1cncc(Cl)n1)COc1cccc(C(F)(F)F)c1. The first kappa shape index (κ1) is 17.3. The van der Waals surface area contributed by atoms with E-state index in [0.29, 0.717) is 5.82 Å². The van der Waals surface area contributed by atoms with E-state index in [1.165, 1.54) is 24.5 Å². The topological polar surface area (TPSA) is 67.3 Å². The predicted molar refractivity (Wildman–Crippen MR) is 78.5 cm³/mol. The molecule has 1 heterocycles. The summed E-state index contributed by atoms with van der Waals surface area (Å²) in [5.74, 6) is 0.400. The van der Waals surface area contributed by atoms with Crippen LogP contribution in [0.1, 0.15) is 5.56 Å². The molecule has 5 nitrogen and oxygen atoms in total. The molecule has 1 unspecified atom stereocenters. The normalized spacial score (nSPS) is 12.7. The lowest BCUT2D eigenvalue weighted by atomic mass is 10.2. The Labute approximate surface area is 135 Å². The zero-order chi connectivity index (χ0) is 16.9. The molecule has 0 aliphatic heterocycles. The zero-order valence-electron chi connectivity index (χ0n) is 11.7. The fraction of sp³-hybridized carbons (Fsp3) is 0.286. The Morgan fingerprint density at radius 1 is 1.30 bits per heavy atom. The molecule has 0 spiro atoms. The highest BCUT2D eigenvalue weighted by atomic mass is 35.5. The van der Waals surface area contributed by atoms with E-state index in [1.54, 1.807) is 0 Å². The number of halogens is 4. The van der Waals surface area contributed by atoms with Gasteiger partial charge in [-0.2, -0.15) is 13.2 Å². The molecule has 0 radical (unpaired) electrons. The minimum Gasteiger partial charge on any atom is -0.491 e. The van der Waals surface area contributed by atoms with Crippen LogP contribution in [-0.4, -0.2) is 34.3 Å². The van der Waals surface area contributed by atoms with E-state index in [-0.39, 0.29) is 24.1 Å². The van der Waals surface area contributed by atoms with E-state index >= 15 is 0 Å². The summed E-state index contributed by atoms with van der Waals surface area (Å²) in [6.45, 7) is -0.101. The van der Waals surface area contributed by atoms with Crippen molar-refractivity contribution in [3.8, 4) is 5.75 Å². The third kappa shape index (κ3) is 5.57. The molecule has 9 heteroatoms. The summed E-state index contributed by atoms with van der Waals surface area (Å²) in [5.41, 5.74) is -0.809. The van der Waals surface area contributed by atoms with E-state index < -0.39 is 17.8 Å². The van der Waals surface area contributed by atoms with E-state index in [0.717, 1.165) is 12.1 Å². The van der Waals surface area contributed by atoms with Gasteiger partial charge in [-0.25, -0.2) is 4.98 Å². The van der Waals surface area contributed by atoms with Gasteiger partial charge in [0.05, 0.1) is 18.0 Å². The van der Waals surface area contributed by atoms with Gasteiger partial charge >= 0.3 is 6.18 Å². The molecule has 1 aromatic carbocycles. The Balaban J connectivity index is 1.83. The average molecular weight is 348 g/mol. The van der Waals surface area contributed by atoms with Gasteiger partial charge in [-0.3, -0.25) is 4.98 Å². The molecular formula is C14H13ClF3N3O2. The van der Waals surface area contributed by atoms with Crippen molar-refractivity contribution in [2.45, 2.75) is 12.3 Å². The first-order valence-corrected chi connectivity index (χ1v) is 6.92. The molecule has 0 aliphatic carbocycles. The van der Waals surface area contributed by atoms with Crippen LogP contribution < -0.4 is 10.1 Å². The van der Waals surface area contributed by atoms with E-state index in [1.807, 2.05) is 0 Å². The van der Waals surface area contributed by atoms with Gasteiger partial charge in [0, 0.05) is 6.54 Å². The summed E-state index contributed by atoms with van der Waals surface area (Å²) in [5, 5.41) is 12.8. The van der Waals surface area contributed by atoms with Crippen LogP contribution in [0.2, 0.25) is 5.15 Å². The van der Waals surface area contributed by atoms with Crippen molar-refractivity contribution in [1.29, 1.82) is 0 Å². The number of alkyl halides is 3. The Hall–Kier alpha value is -2.06. The van der Waals surface area contributed by atoms with Crippen LogP contribution in [0.5, 0.6) is 5.75 Å². The van der Waals surface area contributed by atoms with Gasteiger partial charge in [-0.05, 0) is 18.2 Å². The number of aliphatic hydroxyl groups is 1. The van der Waals surface area contributed by atoms with Crippen molar-refractivity contribution in [1.82, 2.24) is 9.97 Å². The number of nitrogens with zero attached hydrogens (tertiary/aromatic N) is 2. The maximum absolute atomic E-state index is 12.6. The number of aromatic nitrogens is 2. The number of nitrogens with one attached hydrogen (secondary N) is 1. The molecule has 2 rings (SSSR count). The summed E-state index contributed by atoms with van der Waals surface area (Å²) >= 11 is 5.66. The molecule has 0 saturated carbocycles. The molecule has 2 N–H and O–H groups in total. The maximum atomic E-state index is 12.6. The van der Waals surface area contributed by atoms with Gasteiger partial charge in [0.1, 0.15) is 29.4 Å². The molecule has 124 valence electrons. The average Bonchev–Trinajstić information content (AvgIpc) is 2.50. The lowest BCUT2D eigenvalue weighted by Gasteiger charge is -2.14. The monoisotopic (exact) mass is 347 g/mol. The maximum Gasteiger partial charge on any atom is 0.416 e. The van der Waals surface area contributed by atoms with E-state index in [9.17, 15) is 18.3 Å². The van der Waals surface area contributed by atoms with Crippen molar-refractivity contribution in [3.05, 3.63) is 47.4 Å². The highest BCUT2D eigenvalue weighted by Gasteiger charge is 2.30. The fourth-order valence-corrected chi connectivity index (χ4v) is 1.81. The van der Waals surface area contributed by atoms with Crippen LogP contribution in [-0.2, 0) is 6.18 Å². The summed E-state index contributed by atoms with van der Waals surface area (Å²) in [4.78, 5) is 7.73. The highest BCUT2D eigenvalue weighted by Crippen LogP contribution is 2.31. The molecular weight excluding hydrogens is 335 g/mol. The molecule has 2 aromatic rings. The number of hydrogen-bond acceptors (Lipinski definition) is 5. The van der Waals surface area contributed by atoms with Crippen molar-refractivity contribution >= 4 is 17.4 Å². The molecule has 0 fully saturated rings. The number of anilines is 1. The zero-order valence-corrected chi connectivity index (χ0v) is 12.5. The molecule has 23 heavy (non-hydrogen) atoms. The molecule has 0 bridgehead atoms. The summed E-state index contributed by atoms with van der Waals surface area (Å²) in [6.07, 6.45) is -2.61. The van der Waals surface area contributed by atoms with Crippen molar-refractivity contribution < 1.29 is 23.0 Å². The highest BCUT2D eigenvalue weighted by molar-refractivity contribution is 6.29. The Bertz CT molecular complexity index is 655. The Morgan fingerprint density at radius 3 is 2.78 bits per heavy atom. The van der Waals surface area contributed by atoms with Crippen LogP contribution in [0.25, 0.3) is 0 Å². The lowest BCUT2D eigenvalue weighted by molar-refractivity contribution is -0.137. The van der Waals surface area contributed by atoms with Crippen LogP contribution in [0.3, 0.4) is 0 Å². The molecule has 1 atom stereocenters. The van der Waals surface area contributed by atoms with Crippen molar-refractivity contribution in [3.63, 3.8) is 0 Å². The first-order chi connectivity index (χ1) is 10.8. The molecule has 1 aromatic heterocycles. The summed E-state index contributed by atoms with van der Waals surface area (Å²) in [6, 6.07) is 4.45. The van der Waals surface area contributed by atoms with Gasteiger partial charge in [-0.1, -0.05) is 17.7 Å². The van der Waals surface area contributed by atoms with Gasteiger partial charge in [-0.15, -0.1) is 0 Å². The minimum absolute atomic E-state index is 0.0291. The Morgan fingerprint density at radius 2 is 2.09 bits per heavy atom. The molecule has 0 amide bonds. The van der Waals surface area contributed by atoms with Gasteiger partial charge < -0.3 is 15.2 Å². The first-order valence-electron chi connectivity index (χ1n) is 6.54. The number of hydrogen-bond donors (Lipinski definition) is 2. The summed E-state index contributed by atoms with van der Waals surface area (Å²) in [7, 11) is 0. The second-order valence-electron chi connectivity index (χ2n) is 4.60. The Kier molecular flexibility index (Phi) is 5.62. The second-order valence-corrected chi connectivity index (χ2v) is 4.99. The smallest absolute Gasteiger partial charge is 0.416 e. The predicted octanol–water partition coefficient (Wildman–Crippen LogP) is 3.00. The largest absolute Gasteiger partial charge is 0.491 e. The van der Waals surface area contributed by atoms with Crippen LogP contribution >= 0.6 is 11.6 Å². The molecule has 0 saturated heterocycles. The lowest BCUT2D eigenvalue weighted by Crippen LogP contribution is -2.26. The van der Waals surface area contributed by atoms with Crippen molar-refractivity contribution in [2.75, 3.05) is 18.5 Å². The van der Waals surface area contributed by atoms with Gasteiger partial charge in [0.25, 0.3) is 0 Å². The number of rotatable bonds is 6. The van der Waals surface area contributed by atoms with Crippen molar-refractivity contribution in [2.24, 2.45) is 0 Å². The molecule has 0 aliphatic rings. The van der Waals surface area contributed by atoms with E-state index in [2.05, 4.69) is 15.3 Å². The third-order valence-corrected chi connectivity index (χ3v) is 2.91. The number of ether oxygens (including phenoxy) is 1. The van der Waals surface area contributed by atoms with Crippen LogP contribution in [0.15, 0.2) is 36.7 Å². The number of benzene rings is 1. The van der Waals surface area contributed by atoms with Gasteiger partial charge in [0.2, 0.25) is 0 Å². The minimum atomic E-state index is -4.44. The van der Waals surface area contributed by atoms with Crippen LogP contribution in [0.4, 0.5) is 19.0 Å². The fourth-order valence-electron chi connectivity index (χ4n) is 1.66. The van der Waals surface area contributed by atoms with E-state index in [4.69, 9.17) is 16.3 Å².